The molecule has 0 atom stereocenters. The van der Waals surface area contributed by atoms with E-state index in [9.17, 15) is 0 Å². The van der Waals surface area contributed by atoms with Crippen LogP contribution in [0.15, 0.2) is 0 Å². The van der Waals surface area contributed by atoms with Crippen molar-refractivity contribution in [1.82, 2.24) is 0 Å². The van der Waals surface area contributed by atoms with Gasteiger partial charge >= 0.3 is 52.3 Å². The summed E-state index contributed by atoms with van der Waals surface area (Å²) in [6.07, 6.45) is 0. The maximum atomic E-state index is 8.46. The fourth-order valence-corrected chi connectivity index (χ4v) is 0. The third kappa shape index (κ3) is 45.9. The molecular weight excluding hydrogens is 154 g/mol. The molecule has 0 rings (SSSR count). The fraction of sp³-hybridized carbons (Fsp3) is 0. The standard InChI is InChI=1S/Al.Fe.Na.H2O.2O.H/h;;;1H2;;;/q-1;;+1;;;;-1. The Bertz CT molecular complexity index is 35.9. The van der Waals surface area contributed by atoms with Gasteiger partial charge in [-0.3, -0.25) is 0 Å². The predicted octanol–water partition coefficient (Wildman–Crippen LogP) is -4.33. The molecule has 0 aliphatic heterocycles. The first-order valence-corrected chi connectivity index (χ1v) is 1.41. The van der Waals surface area contributed by atoms with Crippen LogP contribution < -0.4 is 29.6 Å². The normalized spacial score (nSPS) is 1.33. The fourth-order valence-electron chi connectivity index (χ4n) is 0. The van der Waals surface area contributed by atoms with Gasteiger partial charge < -0.3 is 6.90 Å². The van der Waals surface area contributed by atoms with Gasteiger partial charge in [0, 0.05) is 17.1 Å². The SMILES string of the molecule is O.[Fe].[H-].[Na+].[O]=[Al-]=[O]. The van der Waals surface area contributed by atoms with E-state index in [1.165, 1.54) is 0 Å². The molecule has 6 heavy (non-hydrogen) atoms. The first kappa shape index (κ1) is 25.5. The van der Waals surface area contributed by atoms with Gasteiger partial charge in [0.25, 0.3) is 0 Å². The summed E-state index contributed by atoms with van der Waals surface area (Å²) in [7, 11) is 0. The van der Waals surface area contributed by atoms with Gasteiger partial charge in [-0.25, -0.2) is 0 Å². The van der Waals surface area contributed by atoms with Gasteiger partial charge in [-0.15, -0.1) is 0 Å². The Hall–Kier alpha value is 1.61. The molecule has 0 radical (unpaired) electrons. The van der Waals surface area contributed by atoms with E-state index >= 15 is 0 Å². The van der Waals surface area contributed by atoms with E-state index in [2.05, 4.69) is 0 Å². The summed E-state index contributed by atoms with van der Waals surface area (Å²) in [6, 6.07) is 0. The molecule has 0 aromatic heterocycles. The molecule has 3 nitrogen and oxygen atoms in total. The first-order valence-electron chi connectivity index (χ1n) is 0.471. The van der Waals surface area contributed by atoms with Crippen LogP contribution in [0.4, 0.5) is 0 Å². The van der Waals surface area contributed by atoms with Gasteiger partial charge in [-0.1, -0.05) is 0 Å². The zero-order valence-corrected chi connectivity index (χ0v) is 7.51. The van der Waals surface area contributed by atoms with E-state index in [4.69, 9.17) is 7.61 Å². The van der Waals surface area contributed by atoms with Gasteiger partial charge in [0.15, 0.2) is 0 Å². The van der Waals surface area contributed by atoms with Gasteiger partial charge in [-0.05, 0) is 0 Å². The van der Waals surface area contributed by atoms with Gasteiger partial charge in [0.05, 0.1) is 0 Å². The topological polar surface area (TPSA) is 65.6 Å². The van der Waals surface area contributed by atoms with Crippen molar-refractivity contribution in [3.05, 3.63) is 0 Å². The zero-order chi connectivity index (χ0) is 2.71. The summed E-state index contributed by atoms with van der Waals surface area (Å²) < 4.78 is 16.9. The molecule has 0 bridgehead atoms. The van der Waals surface area contributed by atoms with E-state index in [0.29, 0.717) is 0 Å². The van der Waals surface area contributed by atoms with Crippen molar-refractivity contribution in [3.8, 4) is 0 Å². The Morgan fingerprint density at radius 2 is 1.33 bits per heavy atom. The summed E-state index contributed by atoms with van der Waals surface area (Å²) in [5.41, 5.74) is 0. The summed E-state index contributed by atoms with van der Waals surface area (Å²) >= 11 is -1.75. The molecule has 0 heterocycles. The average Bonchev–Trinajstić information content (AvgIpc) is 0.918. The third-order valence-electron chi connectivity index (χ3n) is 0. The zero-order valence-electron chi connectivity index (χ0n) is 4.25. The Morgan fingerprint density at radius 3 is 1.33 bits per heavy atom. The summed E-state index contributed by atoms with van der Waals surface area (Å²) in [5.74, 6) is 0. The van der Waals surface area contributed by atoms with Crippen LogP contribution in [0.2, 0.25) is 0 Å². The van der Waals surface area contributed by atoms with Crippen molar-refractivity contribution < 1.29 is 61.1 Å². The maximum absolute atomic E-state index is 8.46. The van der Waals surface area contributed by atoms with Crippen LogP contribution >= 0.6 is 0 Å². The second-order valence-corrected chi connectivity index (χ2v) is 0.289. The Balaban J connectivity index is -0.00000000333. The van der Waals surface area contributed by atoms with Crippen LogP contribution in [-0.4, -0.2) is 20.6 Å². The van der Waals surface area contributed by atoms with Crippen molar-refractivity contribution in [2.24, 2.45) is 0 Å². The van der Waals surface area contributed by atoms with Crippen molar-refractivity contribution >= 4 is 15.1 Å². The summed E-state index contributed by atoms with van der Waals surface area (Å²) in [6.45, 7) is 0. The Morgan fingerprint density at radius 1 is 1.33 bits per heavy atom. The molecule has 6 heteroatoms. The van der Waals surface area contributed by atoms with Crippen LogP contribution in [0.3, 0.4) is 0 Å². The quantitative estimate of drug-likeness (QED) is 0.333. The van der Waals surface area contributed by atoms with Gasteiger partial charge in [0.1, 0.15) is 0 Å². The van der Waals surface area contributed by atoms with Crippen LogP contribution in [0.1, 0.15) is 1.43 Å². The molecule has 34 valence electrons. The molecule has 0 fully saturated rings. The van der Waals surface area contributed by atoms with Gasteiger partial charge in [0.2, 0.25) is 0 Å². The minimum absolute atomic E-state index is 0. The second-order valence-electron chi connectivity index (χ2n) is 0.0962. The summed E-state index contributed by atoms with van der Waals surface area (Å²) in [4.78, 5) is 0. The number of hydrogen-bond donors (Lipinski definition) is 0. The molecule has 0 aromatic rings. The molecule has 0 unspecified atom stereocenters. The number of rotatable bonds is 0. The van der Waals surface area contributed by atoms with Crippen molar-refractivity contribution in [2.45, 2.75) is 0 Å². The molecule has 0 saturated heterocycles. The van der Waals surface area contributed by atoms with E-state index < -0.39 is 15.1 Å². The molecular formula is H3AlFeNaO3-. The molecule has 0 saturated carbocycles. The molecule has 0 aliphatic rings. The van der Waals surface area contributed by atoms with Gasteiger partial charge in [-0.2, -0.15) is 0 Å². The van der Waals surface area contributed by atoms with E-state index in [1.54, 1.807) is 0 Å². The Labute approximate surface area is 75.6 Å². The van der Waals surface area contributed by atoms with Crippen LogP contribution in [0, 0.1) is 0 Å². The predicted molar refractivity (Wildman–Crippen MR) is 11.9 cm³/mol. The van der Waals surface area contributed by atoms with E-state index in [1.807, 2.05) is 0 Å². The van der Waals surface area contributed by atoms with Crippen LogP contribution in [0.25, 0.3) is 0 Å². The average molecular weight is 157 g/mol. The van der Waals surface area contributed by atoms with E-state index in [0.717, 1.165) is 0 Å². The molecule has 0 aliphatic carbocycles. The Kier molecular flexibility index (Phi) is 130. The van der Waals surface area contributed by atoms with Crippen molar-refractivity contribution in [2.75, 3.05) is 0 Å². The summed E-state index contributed by atoms with van der Waals surface area (Å²) in [5, 5.41) is 0. The monoisotopic (exact) mass is 157 g/mol. The van der Waals surface area contributed by atoms with Crippen molar-refractivity contribution in [1.29, 1.82) is 0 Å². The number of hydrogen-bond acceptors (Lipinski definition) is 2. The van der Waals surface area contributed by atoms with Crippen LogP contribution in [0.5, 0.6) is 0 Å². The van der Waals surface area contributed by atoms with Crippen molar-refractivity contribution in [3.63, 3.8) is 0 Å². The van der Waals surface area contributed by atoms with Crippen LogP contribution in [-0.2, 0) is 24.7 Å². The molecule has 2 N–H and O–H groups in total. The second kappa shape index (κ2) is 30.5. The minimum atomic E-state index is -1.75. The molecule has 0 spiro atoms. The first-order chi connectivity index (χ1) is 1.41. The van der Waals surface area contributed by atoms with E-state index in [-0.39, 0.29) is 53.5 Å². The third-order valence-corrected chi connectivity index (χ3v) is 0. The molecule has 0 aromatic carbocycles. The molecule has 0 amide bonds.